The fourth-order valence-corrected chi connectivity index (χ4v) is 4.35. The number of amides is 2. The topological polar surface area (TPSA) is 96.2 Å². The number of aryl methyl sites for hydroxylation is 1. The molecule has 9 nitrogen and oxygen atoms in total. The summed E-state index contributed by atoms with van der Waals surface area (Å²) in [6, 6.07) is 12.1. The Bertz CT molecular complexity index is 1030. The summed E-state index contributed by atoms with van der Waals surface area (Å²) in [5.41, 5.74) is 2.68. The molecule has 2 aromatic rings. The lowest BCUT2D eigenvalue weighted by Crippen LogP contribution is -2.50. The molecule has 2 fully saturated rings. The molecule has 168 valence electrons. The highest BCUT2D eigenvalue weighted by Crippen LogP contribution is 2.34. The Balaban J connectivity index is 1.38. The molecule has 0 aromatic heterocycles. The number of hydrogen-bond donors (Lipinski definition) is 0. The van der Waals surface area contributed by atoms with E-state index in [1.165, 1.54) is 12.1 Å². The van der Waals surface area contributed by atoms with Gasteiger partial charge in [0, 0.05) is 57.0 Å². The van der Waals surface area contributed by atoms with Gasteiger partial charge in [-0.3, -0.25) is 19.7 Å². The number of nitro groups is 1. The van der Waals surface area contributed by atoms with Crippen LogP contribution in [0.25, 0.3) is 0 Å². The number of methoxy groups -OCH3 is 1. The number of carbonyl (C=O) groups excluding carboxylic acids is 2. The van der Waals surface area contributed by atoms with Crippen molar-refractivity contribution in [2.75, 3.05) is 49.6 Å². The maximum absolute atomic E-state index is 13.1. The van der Waals surface area contributed by atoms with Crippen LogP contribution in [0.15, 0.2) is 42.5 Å². The lowest BCUT2D eigenvalue weighted by molar-refractivity contribution is -0.384. The zero-order valence-corrected chi connectivity index (χ0v) is 18.2. The van der Waals surface area contributed by atoms with Gasteiger partial charge in [-0.25, -0.2) is 0 Å². The van der Waals surface area contributed by atoms with Crippen molar-refractivity contribution >= 4 is 28.9 Å². The summed E-state index contributed by atoms with van der Waals surface area (Å²) < 4.78 is 5.42. The largest absolute Gasteiger partial charge is 0.495 e. The molecule has 1 unspecified atom stereocenters. The molecule has 0 radical (unpaired) electrons. The molecular formula is C23H26N4O5. The van der Waals surface area contributed by atoms with Crippen molar-refractivity contribution in [3.05, 3.63) is 58.1 Å². The van der Waals surface area contributed by atoms with Crippen molar-refractivity contribution in [2.24, 2.45) is 5.92 Å². The van der Waals surface area contributed by atoms with Gasteiger partial charge in [0.05, 0.1) is 23.6 Å². The fraction of sp³-hybridized carbons (Fsp3) is 0.391. The summed E-state index contributed by atoms with van der Waals surface area (Å²) in [6.07, 6.45) is 0.193. The number of nitro benzene ring substituents is 1. The molecule has 2 amide bonds. The molecule has 0 bridgehead atoms. The average molecular weight is 438 g/mol. The van der Waals surface area contributed by atoms with Crippen molar-refractivity contribution in [3.8, 4) is 5.75 Å². The number of rotatable bonds is 5. The Morgan fingerprint density at radius 2 is 1.78 bits per heavy atom. The predicted octanol–water partition coefficient (Wildman–Crippen LogP) is 2.61. The average Bonchev–Trinajstić information content (AvgIpc) is 3.20. The Hall–Kier alpha value is -3.62. The molecule has 2 saturated heterocycles. The van der Waals surface area contributed by atoms with E-state index in [0.717, 1.165) is 11.3 Å². The van der Waals surface area contributed by atoms with Gasteiger partial charge in [0.1, 0.15) is 5.75 Å². The maximum atomic E-state index is 13.1. The molecule has 2 aliphatic rings. The van der Waals surface area contributed by atoms with Gasteiger partial charge in [0.15, 0.2) is 0 Å². The van der Waals surface area contributed by atoms with E-state index < -0.39 is 4.92 Å². The van der Waals surface area contributed by atoms with Crippen LogP contribution in [0, 0.1) is 23.0 Å². The molecule has 4 rings (SSSR count). The molecule has 1 atom stereocenters. The number of piperazine rings is 1. The molecule has 0 spiro atoms. The van der Waals surface area contributed by atoms with E-state index in [9.17, 15) is 19.7 Å². The minimum atomic E-state index is -0.418. The second-order valence-corrected chi connectivity index (χ2v) is 8.17. The van der Waals surface area contributed by atoms with Gasteiger partial charge in [-0.1, -0.05) is 6.07 Å². The van der Waals surface area contributed by atoms with Gasteiger partial charge < -0.3 is 19.4 Å². The molecule has 2 heterocycles. The first kappa shape index (κ1) is 21.6. The van der Waals surface area contributed by atoms with E-state index >= 15 is 0 Å². The van der Waals surface area contributed by atoms with Crippen LogP contribution in [0.4, 0.5) is 17.1 Å². The summed E-state index contributed by atoms with van der Waals surface area (Å²) in [7, 11) is 1.57. The third-order valence-corrected chi connectivity index (χ3v) is 6.12. The summed E-state index contributed by atoms with van der Waals surface area (Å²) in [5.74, 6) is 0.167. The standard InChI is InChI=1S/C23H26N4O5/c1-16-3-8-21(32-2)20(13-16)26-15-17(14-22(26)28)23(29)25-11-9-24(10-12-25)18-4-6-19(7-5-18)27(30)31/h3-8,13,17H,9-12,14-15H2,1-2H3. The van der Waals surface area contributed by atoms with E-state index in [2.05, 4.69) is 4.90 Å². The predicted molar refractivity (Wildman–Crippen MR) is 120 cm³/mol. The number of benzene rings is 2. The number of non-ortho nitro benzene ring substituents is 1. The summed E-state index contributed by atoms with van der Waals surface area (Å²) in [6.45, 7) is 4.68. The highest BCUT2D eigenvalue weighted by atomic mass is 16.6. The van der Waals surface area contributed by atoms with E-state index in [4.69, 9.17) is 4.74 Å². The van der Waals surface area contributed by atoms with Gasteiger partial charge >= 0.3 is 0 Å². The minimum Gasteiger partial charge on any atom is -0.495 e. The zero-order chi connectivity index (χ0) is 22.8. The third-order valence-electron chi connectivity index (χ3n) is 6.12. The number of anilines is 2. The number of carbonyl (C=O) groups is 2. The van der Waals surface area contributed by atoms with Crippen LogP contribution < -0.4 is 14.5 Å². The Morgan fingerprint density at radius 3 is 2.41 bits per heavy atom. The van der Waals surface area contributed by atoms with Crippen LogP contribution >= 0.6 is 0 Å². The summed E-state index contributed by atoms with van der Waals surface area (Å²) in [5, 5.41) is 10.8. The lowest BCUT2D eigenvalue weighted by Gasteiger charge is -2.37. The Morgan fingerprint density at radius 1 is 1.09 bits per heavy atom. The van der Waals surface area contributed by atoms with Crippen molar-refractivity contribution in [3.63, 3.8) is 0 Å². The number of ether oxygens (including phenoxy) is 1. The van der Waals surface area contributed by atoms with E-state index in [-0.39, 0.29) is 29.8 Å². The van der Waals surface area contributed by atoms with Crippen LogP contribution in [-0.4, -0.2) is 61.5 Å². The molecule has 0 aliphatic carbocycles. The quantitative estimate of drug-likeness (QED) is 0.526. The Kier molecular flexibility index (Phi) is 5.98. The van der Waals surface area contributed by atoms with Crippen molar-refractivity contribution < 1.29 is 19.2 Å². The second-order valence-electron chi connectivity index (χ2n) is 8.17. The van der Waals surface area contributed by atoms with Gasteiger partial charge in [-0.15, -0.1) is 0 Å². The first-order valence-corrected chi connectivity index (χ1v) is 10.6. The highest BCUT2D eigenvalue weighted by molar-refractivity contribution is 6.01. The van der Waals surface area contributed by atoms with Crippen LogP contribution in [0.2, 0.25) is 0 Å². The highest BCUT2D eigenvalue weighted by Gasteiger charge is 2.38. The summed E-state index contributed by atoms with van der Waals surface area (Å²) in [4.78, 5) is 41.8. The van der Waals surface area contributed by atoms with Crippen LogP contribution in [0.3, 0.4) is 0 Å². The van der Waals surface area contributed by atoms with Crippen LogP contribution in [0.1, 0.15) is 12.0 Å². The molecule has 32 heavy (non-hydrogen) atoms. The van der Waals surface area contributed by atoms with Crippen LogP contribution in [0.5, 0.6) is 5.75 Å². The normalized spacial score (nSPS) is 18.8. The van der Waals surface area contributed by atoms with Crippen molar-refractivity contribution in [2.45, 2.75) is 13.3 Å². The molecule has 2 aliphatic heterocycles. The zero-order valence-electron chi connectivity index (χ0n) is 18.2. The van der Waals surface area contributed by atoms with E-state index in [1.54, 1.807) is 24.1 Å². The smallest absolute Gasteiger partial charge is 0.269 e. The molecular weight excluding hydrogens is 412 g/mol. The van der Waals surface area contributed by atoms with Gasteiger partial charge in [0.25, 0.3) is 5.69 Å². The third kappa shape index (κ3) is 4.23. The molecule has 2 aromatic carbocycles. The van der Waals surface area contributed by atoms with E-state index in [1.807, 2.05) is 30.0 Å². The molecule has 9 heteroatoms. The second kappa shape index (κ2) is 8.86. The fourth-order valence-electron chi connectivity index (χ4n) is 4.35. The number of nitrogens with zero attached hydrogens (tertiary/aromatic N) is 4. The lowest BCUT2D eigenvalue weighted by atomic mass is 10.1. The SMILES string of the molecule is COc1ccc(C)cc1N1CC(C(=O)N2CCN(c3ccc([N+](=O)[O-])cc3)CC2)CC1=O. The van der Waals surface area contributed by atoms with Gasteiger partial charge in [0.2, 0.25) is 11.8 Å². The minimum absolute atomic E-state index is 0.00387. The van der Waals surface area contributed by atoms with Crippen molar-refractivity contribution in [1.82, 2.24) is 4.90 Å². The van der Waals surface area contributed by atoms with Crippen LogP contribution in [-0.2, 0) is 9.59 Å². The monoisotopic (exact) mass is 438 g/mol. The van der Waals surface area contributed by atoms with Crippen molar-refractivity contribution in [1.29, 1.82) is 0 Å². The maximum Gasteiger partial charge on any atom is 0.269 e. The number of hydrogen-bond acceptors (Lipinski definition) is 6. The molecule has 0 N–H and O–H groups in total. The first-order chi connectivity index (χ1) is 15.4. The van der Waals surface area contributed by atoms with Gasteiger partial charge in [-0.05, 0) is 36.8 Å². The molecule has 0 saturated carbocycles. The van der Waals surface area contributed by atoms with E-state index in [0.29, 0.717) is 44.2 Å². The first-order valence-electron chi connectivity index (χ1n) is 10.6. The Labute approximate surface area is 186 Å². The summed E-state index contributed by atoms with van der Waals surface area (Å²) >= 11 is 0. The van der Waals surface area contributed by atoms with Gasteiger partial charge in [-0.2, -0.15) is 0 Å².